The van der Waals surface area contributed by atoms with Gasteiger partial charge in [0.25, 0.3) is 0 Å². The molecule has 0 atom stereocenters. The summed E-state index contributed by atoms with van der Waals surface area (Å²) in [6, 6.07) is 12.4. The number of anilines is 4. The average Bonchev–Trinajstić information content (AvgIpc) is 3.37. The van der Waals surface area contributed by atoms with Crippen molar-refractivity contribution in [3.8, 4) is 5.69 Å². The van der Waals surface area contributed by atoms with E-state index in [2.05, 4.69) is 42.1 Å². The number of ether oxygens (including phenoxy) is 1. The van der Waals surface area contributed by atoms with Crippen LogP contribution in [0.2, 0.25) is 0 Å². The van der Waals surface area contributed by atoms with Crippen molar-refractivity contribution in [1.82, 2.24) is 24.6 Å². The van der Waals surface area contributed by atoms with Gasteiger partial charge in [0, 0.05) is 57.4 Å². The molecule has 4 aromatic rings. The zero-order chi connectivity index (χ0) is 26.5. The van der Waals surface area contributed by atoms with Gasteiger partial charge in [0.15, 0.2) is 5.65 Å². The Morgan fingerprint density at radius 1 is 1.13 bits per heavy atom. The first-order valence-corrected chi connectivity index (χ1v) is 12.3. The minimum Gasteiger partial charge on any atom is -0.383 e. The lowest BCUT2D eigenvalue weighted by Gasteiger charge is -2.36. The molecule has 1 saturated heterocycles. The van der Waals surface area contributed by atoms with Crippen LogP contribution < -0.4 is 15.5 Å². The van der Waals surface area contributed by atoms with Gasteiger partial charge in [-0.15, -0.1) is 0 Å². The number of hydrogen-bond acceptors (Lipinski definition) is 8. The van der Waals surface area contributed by atoms with Crippen molar-refractivity contribution in [3.63, 3.8) is 0 Å². The molecule has 5 rings (SSSR count). The molecule has 2 aromatic carbocycles. The van der Waals surface area contributed by atoms with Gasteiger partial charge in [-0.2, -0.15) is 10.1 Å². The summed E-state index contributed by atoms with van der Waals surface area (Å²) in [5.41, 5.74) is 2.97. The topological polar surface area (TPSA) is 100 Å². The SMILES string of the molecule is C=CC(=O)Nc1cccc(-n2ncc3cnc(Nc4ccc(N5CCN(CCOC)CC5)cc4F)nc32)c1. The van der Waals surface area contributed by atoms with Crippen molar-refractivity contribution in [2.45, 2.75) is 0 Å². The second-order valence-electron chi connectivity index (χ2n) is 8.88. The second-order valence-corrected chi connectivity index (χ2v) is 8.88. The van der Waals surface area contributed by atoms with E-state index >= 15 is 4.39 Å². The van der Waals surface area contributed by atoms with Gasteiger partial charge in [-0.3, -0.25) is 9.69 Å². The van der Waals surface area contributed by atoms with Crippen molar-refractivity contribution >= 4 is 40.0 Å². The molecule has 1 aliphatic rings. The summed E-state index contributed by atoms with van der Waals surface area (Å²) in [5, 5.41) is 10.9. The smallest absolute Gasteiger partial charge is 0.247 e. The summed E-state index contributed by atoms with van der Waals surface area (Å²) >= 11 is 0. The molecule has 2 aromatic heterocycles. The Balaban J connectivity index is 1.32. The number of nitrogens with zero attached hydrogens (tertiary/aromatic N) is 6. The maximum absolute atomic E-state index is 15.1. The lowest BCUT2D eigenvalue weighted by molar-refractivity contribution is -0.111. The number of halogens is 1. The highest BCUT2D eigenvalue weighted by Crippen LogP contribution is 2.26. The number of fused-ring (bicyclic) bond motifs is 1. The first-order valence-electron chi connectivity index (χ1n) is 12.3. The minimum atomic E-state index is -0.382. The van der Waals surface area contributed by atoms with Crippen LogP contribution in [0.1, 0.15) is 0 Å². The highest BCUT2D eigenvalue weighted by molar-refractivity contribution is 5.99. The Kier molecular flexibility index (Phi) is 7.57. The number of carbonyl (C=O) groups is 1. The van der Waals surface area contributed by atoms with Crippen LogP contribution >= 0.6 is 0 Å². The quantitative estimate of drug-likeness (QED) is 0.326. The molecule has 0 bridgehead atoms. The van der Waals surface area contributed by atoms with E-state index in [0.717, 1.165) is 43.8 Å². The van der Waals surface area contributed by atoms with Crippen LogP contribution in [0.5, 0.6) is 0 Å². The fourth-order valence-electron chi connectivity index (χ4n) is 4.35. The number of piperazine rings is 1. The van der Waals surface area contributed by atoms with E-state index in [1.165, 1.54) is 6.08 Å². The zero-order valence-electron chi connectivity index (χ0n) is 21.1. The van der Waals surface area contributed by atoms with E-state index in [9.17, 15) is 4.79 Å². The standard InChI is InChI=1S/C27H29FN8O2/c1-3-25(37)31-20-5-4-6-22(15-20)36-26-19(18-30-36)17-29-27(33-26)32-24-8-7-21(16-23(24)28)35-11-9-34(10-12-35)13-14-38-2/h3-8,15-18H,1,9-14H2,2H3,(H,31,37)(H,29,32,33). The predicted molar refractivity (Wildman–Crippen MR) is 146 cm³/mol. The van der Waals surface area contributed by atoms with Gasteiger partial charge in [0.05, 0.1) is 29.6 Å². The number of hydrogen-bond donors (Lipinski definition) is 2. The normalized spacial score (nSPS) is 14.0. The van der Waals surface area contributed by atoms with Gasteiger partial charge in [-0.1, -0.05) is 12.6 Å². The van der Waals surface area contributed by atoms with Crippen LogP contribution in [0.15, 0.2) is 67.5 Å². The third-order valence-corrected chi connectivity index (χ3v) is 6.40. The van der Waals surface area contributed by atoms with Crippen molar-refractivity contribution in [2.24, 2.45) is 0 Å². The molecule has 0 spiro atoms. The molecule has 0 radical (unpaired) electrons. The fraction of sp³-hybridized carbons (Fsp3) is 0.259. The van der Waals surface area contributed by atoms with Gasteiger partial charge in [0.2, 0.25) is 11.9 Å². The molecule has 3 heterocycles. The number of benzene rings is 2. The fourth-order valence-corrected chi connectivity index (χ4v) is 4.35. The van der Waals surface area contributed by atoms with E-state index in [0.29, 0.717) is 23.6 Å². The maximum Gasteiger partial charge on any atom is 0.247 e. The third-order valence-electron chi connectivity index (χ3n) is 6.40. The molecule has 1 amide bonds. The molecule has 2 N–H and O–H groups in total. The van der Waals surface area contributed by atoms with Gasteiger partial charge in [-0.25, -0.2) is 14.1 Å². The summed E-state index contributed by atoms with van der Waals surface area (Å²) in [5.74, 6) is -0.445. The molecule has 1 aliphatic heterocycles. The van der Waals surface area contributed by atoms with Gasteiger partial charge >= 0.3 is 0 Å². The highest BCUT2D eigenvalue weighted by atomic mass is 19.1. The maximum atomic E-state index is 15.1. The Morgan fingerprint density at radius 2 is 1.97 bits per heavy atom. The van der Waals surface area contributed by atoms with Crippen LogP contribution in [-0.2, 0) is 9.53 Å². The number of carbonyl (C=O) groups excluding carboxylic acids is 1. The molecule has 0 aliphatic carbocycles. The Bertz CT molecular complexity index is 1450. The van der Waals surface area contributed by atoms with Gasteiger partial charge in [0.1, 0.15) is 5.82 Å². The van der Waals surface area contributed by atoms with Crippen LogP contribution in [0.25, 0.3) is 16.7 Å². The minimum absolute atomic E-state index is 0.244. The Morgan fingerprint density at radius 3 is 2.74 bits per heavy atom. The zero-order valence-corrected chi connectivity index (χ0v) is 21.1. The van der Waals surface area contributed by atoms with E-state index in [1.54, 1.807) is 54.5 Å². The Hall–Kier alpha value is -4.35. The van der Waals surface area contributed by atoms with Crippen molar-refractivity contribution in [3.05, 3.63) is 73.3 Å². The van der Waals surface area contributed by atoms with Crippen molar-refractivity contribution in [2.75, 3.05) is 62.0 Å². The van der Waals surface area contributed by atoms with Crippen molar-refractivity contribution < 1.29 is 13.9 Å². The average molecular weight is 517 g/mol. The third kappa shape index (κ3) is 5.63. The molecule has 38 heavy (non-hydrogen) atoms. The molecular weight excluding hydrogens is 487 g/mol. The molecule has 196 valence electrons. The number of rotatable bonds is 9. The van der Waals surface area contributed by atoms with Gasteiger partial charge in [-0.05, 0) is 42.5 Å². The van der Waals surface area contributed by atoms with Gasteiger partial charge < -0.3 is 20.3 Å². The van der Waals surface area contributed by atoms with Crippen LogP contribution in [-0.4, -0.2) is 77.0 Å². The van der Waals surface area contributed by atoms with Crippen LogP contribution in [0.3, 0.4) is 0 Å². The number of methoxy groups -OCH3 is 1. The first kappa shape index (κ1) is 25.3. The summed E-state index contributed by atoms with van der Waals surface area (Å²) in [4.78, 5) is 25.1. The predicted octanol–water partition coefficient (Wildman–Crippen LogP) is 3.59. The van der Waals surface area contributed by atoms with E-state index in [4.69, 9.17) is 4.74 Å². The molecule has 10 nitrogen and oxygen atoms in total. The van der Waals surface area contributed by atoms with Crippen LogP contribution in [0, 0.1) is 5.82 Å². The van der Waals surface area contributed by atoms with Crippen LogP contribution in [0.4, 0.5) is 27.4 Å². The largest absolute Gasteiger partial charge is 0.383 e. The lowest BCUT2D eigenvalue weighted by atomic mass is 10.2. The van der Waals surface area contributed by atoms with E-state index in [1.807, 2.05) is 12.1 Å². The molecular formula is C27H29FN8O2. The molecule has 11 heteroatoms. The van der Waals surface area contributed by atoms with Crippen molar-refractivity contribution in [1.29, 1.82) is 0 Å². The van der Waals surface area contributed by atoms with E-state index < -0.39 is 0 Å². The number of amides is 1. The van der Waals surface area contributed by atoms with E-state index in [-0.39, 0.29) is 23.4 Å². The monoisotopic (exact) mass is 516 g/mol. The lowest BCUT2D eigenvalue weighted by Crippen LogP contribution is -2.47. The molecule has 0 unspecified atom stereocenters. The first-order chi connectivity index (χ1) is 18.5. The second kappa shape index (κ2) is 11.4. The number of aromatic nitrogens is 4. The highest BCUT2D eigenvalue weighted by Gasteiger charge is 2.18. The molecule has 1 fully saturated rings. The summed E-state index contributed by atoms with van der Waals surface area (Å²) in [6.45, 7) is 8.58. The Labute approximate surface area is 219 Å². The molecule has 0 saturated carbocycles. The number of nitrogens with one attached hydrogen (secondary N) is 2. The summed E-state index contributed by atoms with van der Waals surface area (Å²) in [6.07, 6.45) is 4.49. The summed E-state index contributed by atoms with van der Waals surface area (Å²) < 4.78 is 21.9. The summed E-state index contributed by atoms with van der Waals surface area (Å²) in [7, 11) is 1.71.